The molecule has 134 heteroatoms. The third kappa shape index (κ3) is 26.8. The molecule has 0 bridgehead atoms. The van der Waals surface area contributed by atoms with Gasteiger partial charge >= 0.3 is 0 Å². The maximum absolute atomic E-state index is 6.30. The summed E-state index contributed by atoms with van der Waals surface area (Å²) < 4.78 is 2.32. The topological polar surface area (TPSA) is 0 Å². The molecule has 0 fully saturated rings. The quantitative estimate of drug-likeness (QED) is 0.0350. The molecule has 0 aromatic rings. The molecule has 0 aromatic heterocycles. The van der Waals surface area contributed by atoms with Crippen LogP contribution in [-0.4, -0.2) is 4.70 Å². The van der Waals surface area contributed by atoms with Gasteiger partial charge in [-0.25, -0.2) is 22.4 Å². The predicted molar refractivity (Wildman–Crippen MR) is 985 cm³/mol. The van der Waals surface area contributed by atoms with E-state index in [2.05, 4.69) is 4.70 Å². The molecule has 0 saturated heterocycles. The summed E-state index contributed by atoms with van der Waals surface area (Å²) in [5.41, 5.74) is 0. The van der Waals surface area contributed by atoms with E-state index in [1.807, 2.05) is 0 Å². The Morgan fingerprint density at radius 2 is 0.148 bits per heavy atom. The van der Waals surface area contributed by atoms with Crippen molar-refractivity contribution in [1.29, 1.82) is 0 Å². The maximum atomic E-state index is 6.30. The van der Waals surface area contributed by atoms with Gasteiger partial charge in [0.15, 0.2) is 0 Å². The Morgan fingerprint density at radius 3 is 0.200 bits per heavy atom. The van der Waals surface area contributed by atoms with E-state index in [1.165, 1.54) is 0 Å². The van der Waals surface area contributed by atoms with Crippen LogP contribution in [0.2, 0.25) is 0 Å². The van der Waals surface area contributed by atoms with Crippen molar-refractivity contribution in [1.82, 2.24) is 0 Å². The Balaban J connectivity index is 0. The van der Waals surface area contributed by atoms with Crippen LogP contribution in [-0.2, 0) is 1250 Å². The maximum Gasteiger partial charge on any atom is 0.0451 e. The number of hydrogen-bond donors (Lipinski definition) is 0. The first kappa shape index (κ1) is 173. The van der Waals surface area contributed by atoms with Crippen LogP contribution >= 0.6 is 12.2 Å². The summed E-state index contributed by atoms with van der Waals surface area (Å²) in [6, 6.07) is 0. The zero-order valence-electron chi connectivity index (χ0n) is 55.4. The predicted octanol–water partition coefficient (Wildman–Crippen LogP) is 0.0506. The molecule has 0 nitrogen and oxygen atoms in total. The minimum atomic E-state index is -4.35. The zero-order chi connectivity index (χ0) is 112. The minimum absolute atomic E-state index is 0. The fraction of sp³-hybridized carbons (Fsp3) is 0. The summed E-state index contributed by atoms with van der Waals surface area (Å²) in [7, 11) is -1.63. The van der Waals surface area contributed by atoms with Crippen LogP contribution in [0.3, 0.4) is 0 Å². The van der Waals surface area contributed by atoms with Gasteiger partial charge in [-0.05, 0) is 917 Å². The molecule has 0 aliphatic carbocycles. The molecule has 0 atom stereocenters. The van der Waals surface area contributed by atoms with Crippen molar-refractivity contribution >= 4 is 1230 Å². The molecule has 0 aliphatic rings. The Hall–Kier alpha value is 36.0. The van der Waals surface area contributed by atoms with E-state index in [1.54, 1.807) is 0 Å². The monoisotopic (exact) mass is 4350 g/mol. The first-order valence-corrected chi connectivity index (χ1v) is 198. The second-order valence-electron chi connectivity index (χ2n) is 17.9. The summed E-state index contributed by atoms with van der Waals surface area (Å²) >= 11 is 546. The average Bonchev–Trinajstić information content (AvgIpc) is 0.670. The van der Waals surface area contributed by atoms with Crippen LogP contribution in [0.25, 0.3) is 0 Å². The third-order valence-electron chi connectivity index (χ3n) is 10.8. The summed E-state index contributed by atoms with van der Waals surface area (Å²) in [5.74, 6) is 0. The van der Waals surface area contributed by atoms with Gasteiger partial charge in [0.1, 0.15) is 0 Å². The first-order valence-electron chi connectivity index (χ1n) is 22.2. The third-order valence-corrected chi connectivity index (χ3v) is 863. The van der Waals surface area contributed by atoms with E-state index in [9.17, 15) is 0 Å². The molecule has 0 aromatic carbocycles. The minimum Gasteiger partial charge on any atom is -0.338 e. The second kappa shape index (κ2) is 54.6. The standard InChI is InChI=1S/CS133.Y/c2-1-92(5,6)94(9,10)96(13,14)98(17,18)100(21,22)102(25,26)104(29,30)106(33,34)108(37,38)110(41,42)112(45,46)114(49,50)116(53,54)118(57,58)120(61,62)122(65,66)124(69,70)126(73,74)128(77,78)130(81,82)132(85,86)134(89,90)133(87,88)131(83,84)129(79,80)127(75,76)125(71,72)123(67,68)121(63,64)119(59,60)117(55,56)115(51,52)113(47,48)111(43,44)109(39,40)107(35,36)105(31,32)103(27,28)101(23,24)99(19,20)97(15,16)95(11,12)93(7,8)91(3)4;/q-2;. The van der Waals surface area contributed by atoms with Crippen molar-refractivity contribution in [2.45, 2.75) is 0 Å². The Morgan fingerprint density at radius 1 is 0.0963 bits per heavy atom. The van der Waals surface area contributed by atoms with Crippen molar-refractivity contribution in [2.24, 2.45) is 0 Å². The summed E-state index contributed by atoms with van der Waals surface area (Å²) in [4.78, 5) is 0. The molecule has 0 rings (SSSR count). The summed E-state index contributed by atoms with van der Waals surface area (Å²) in [5, 5.41) is -174. The van der Waals surface area contributed by atoms with Gasteiger partial charge in [0.2, 0.25) is 0 Å². The molecule has 0 saturated carbocycles. The fourth-order valence-corrected chi connectivity index (χ4v) is 1030. The molecule has 0 aliphatic heterocycles. The smallest absolute Gasteiger partial charge is 0.0451 e. The summed E-state index contributed by atoms with van der Waals surface area (Å²) in [6.45, 7) is 0. The molecule has 0 unspecified atom stereocenters. The molecule has 135 heavy (non-hydrogen) atoms. The molecular weight excluding hydrogens is 4370 g/mol. The van der Waals surface area contributed by atoms with Gasteiger partial charge in [0, 0.05) is 246 Å². The van der Waals surface area contributed by atoms with Crippen LogP contribution in [0, 0.1) is 0 Å². The molecule has 0 N–H and O–H groups in total. The zero-order valence-corrected chi connectivity index (χ0v) is 167. The van der Waals surface area contributed by atoms with E-state index in [0.717, 1.165) is 0 Å². The molecule has 0 spiro atoms. The van der Waals surface area contributed by atoms with Crippen LogP contribution in [0.4, 0.5) is 0 Å². The van der Waals surface area contributed by atoms with E-state index in [0.29, 0.717) is 0 Å². The summed E-state index contributed by atoms with van der Waals surface area (Å²) in [6.07, 6.45) is -3.21. The van der Waals surface area contributed by atoms with Gasteiger partial charge in [-0.2, -0.15) is 0 Å². The van der Waals surface area contributed by atoms with Crippen LogP contribution < -0.4 is 0 Å². The molecule has 1 radical (unpaired) electrons. The van der Waals surface area contributed by atoms with E-state index in [-0.39, 0.29) is 32.7 Å². The van der Waals surface area contributed by atoms with E-state index < -0.39 is 232 Å². The van der Waals surface area contributed by atoms with Crippen molar-refractivity contribution < 1.29 is 32.7 Å². The number of thiocarbonyl (C=S) groups is 1. The van der Waals surface area contributed by atoms with Crippen LogP contribution in [0.5, 0.6) is 0 Å². The van der Waals surface area contributed by atoms with Gasteiger partial charge in [0.25, 0.3) is 0 Å². The number of rotatable bonds is 44. The largest absolute Gasteiger partial charge is 0.338 e. The fourth-order valence-electron chi connectivity index (χ4n) is 4.30. The van der Waals surface area contributed by atoms with Crippen LogP contribution in [0.1, 0.15) is 0 Å². The van der Waals surface area contributed by atoms with E-state index in [4.69, 9.17) is 997 Å². The van der Waals surface area contributed by atoms with Crippen molar-refractivity contribution in [3.8, 4) is 0 Å². The Bertz CT molecular complexity index is 10500. The van der Waals surface area contributed by atoms with Crippen molar-refractivity contribution in [2.75, 3.05) is 0 Å². The molecule has 0 heterocycles. The van der Waals surface area contributed by atoms with Gasteiger partial charge in [-0.3, -0.25) is 7.05 Å². The Labute approximate surface area is 1230 Å². The normalized spacial score (nSPS) is 16.9. The average molecular weight is 4370 g/mol. The van der Waals surface area contributed by atoms with Gasteiger partial charge in [-0.1, -0.05) is 50.0 Å². The van der Waals surface area contributed by atoms with Gasteiger partial charge in [-0.15, -0.1) is 6.18 Å². The SMILES string of the molecule is S=[C-]S(=S)(=S)S(=S)(=S)S(=S)(=S)S(=S)(=S)S(=S)(=S)S(=S)(=S)S(=S)(=S)S(=S)(=S)S(=S)(=S)S(=S)(=S)S(=S)(=S)S(=S)(=S)S(=S)(=S)S(=S)(=S)S(=S)(=S)S(=S)(=S)S(=S)(=S)S(=S)(=S)S(=S)(=S)S(=S)(=S)S(=S)(=S)S(=S)(=S)S(=S)(=S)S(=S)(=S)S(=S)(=S)S(=S)(=S)S(=S)(=S)S(=S)(=S)S(=S)(=S)S(=S)(=S)S(=S)(=S)S(=S)(=S)S(=S)(=S)S(=S)(=S)S(=S)(=S)S(=S)(=S)S(=S)(=S)S(=S)(=S)S(=S)(=S)S(=S)(=S)S(=S)(=S)S(=S)(=S)S(=S)(=S)[S-](=S)=S.[Y]. The molecular formula is CS133Y-2. The van der Waals surface area contributed by atoms with Crippen LogP contribution in [0.15, 0.2) is 0 Å². The van der Waals surface area contributed by atoms with Gasteiger partial charge in [0.05, 0.1) is 0 Å². The van der Waals surface area contributed by atoms with E-state index >= 15 is 0 Å². The molecule has 0 amide bonds. The Kier molecular flexibility index (Phi) is 70.0. The van der Waals surface area contributed by atoms with Crippen molar-refractivity contribution in [3.05, 3.63) is 0 Å². The first-order chi connectivity index (χ1) is 56.0. The van der Waals surface area contributed by atoms with Gasteiger partial charge < -0.3 is 16.9 Å². The van der Waals surface area contributed by atoms with Crippen molar-refractivity contribution in [3.63, 3.8) is 0 Å². The molecule has 807 valence electrons. The second-order valence-corrected chi connectivity index (χ2v) is 477. The number of hydrogen-bond acceptors (Lipinski definition) is 90.